The third-order valence-corrected chi connectivity index (χ3v) is 2.16. The third-order valence-electron chi connectivity index (χ3n) is 2.16. The second kappa shape index (κ2) is 9.46. The summed E-state index contributed by atoms with van der Waals surface area (Å²) in [7, 11) is 0. The Hall–Kier alpha value is -1.57. The van der Waals surface area contributed by atoms with Crippen LogP contribution in [-0.2, 0) is 4.74 Å². The Kier molecular flexibility index (Phi) is 7.61. The van der Waals surface area contributed by atoms with Gasteiger partial charge in [-0.15, -0.1) is 0 Å². The van der Waals surface area contributed by atoms with Crippen molar-refractivity contribution in [2.45, 2.75) is 19.8 Å². The number of rotatable bonds is 7. The van der Waals surface area contributed by atoms with Crippen LogP contribution >= 0.6 is 0 Å². The molecule has 1 rings (SSSR count). The van der Waals surface area contributed by atoms with Crippen LogP contribution in [0.1, 0.15) is 25.3 Å². The van der Waals surface area contributed by atoms with Gasteiger partial charge in [0.05, 0.1) is 12.8 Å². The standard InChI is InChI=1S/C14H19NO3/c1-2-3-7-17-8-9-18-14-10-13(5-4-6-16)11-15-12-14/h10-12,16H,2-3,6-9H2,1H3. The molecule has 0 fully saturated rings. The summed E-state index contributed by atoms with van der Waals surface area (Å²) in [4.78, 5) is 4.02. The van der Waals surface area contributed by atoms with E-state index in [9.17, 15) is 0 Å². The van der Waals surface area contributed by atoms with E-state index in [-0.39, 0.29) is 6.61 Å². The first-order valence-electron chi connectivity index (χ1n) is 6.12. The molecule has 18 heavy (non-hydrogen) atoms. The molecular formula is C14H19NO3. The molecule has 4 nitrogen and oxygen atoms in total. The monoisotopic (exact) mass is 249 g/mol. The van der Waals surface area contributed by atoms with Gasteiger partial charge in [-0.05, 0) is 12.5 Å². The highest BCUT2D eigenvalue weighted by atomic mass is 16.5. The SMILES string of the molecule is CCCCOCCOc1cncc(C#CCO)c1. The van der Waals surface area contributed by atoms with Crippen molar-refractivity contribution in [3.8, 4) is 17.6 Å². The number of aromatic nitrogens is 1. The summed E-state index contributed by atoms with van der Waals surface area (Å²) >= 11 is 0. The molecule has 98 valence electrons. The van der Waals surface area contributed by atoms with Crippen LogP contribution < -0.4 is 4.74 Å². The van der Waals surface area contributed by atoms with Crippen molar-refractivity contribution in [2.24, 2.45) is 0 Å². The predicted octanol–water partition coefficient (Wildman–Crippen LogP) is 1.62. The first-order chi connectivity index (χ1) is 8.86. The molecule has 0 saturated carbocycles. The number of hydrogen-bond donors (Lipinski definition) is 1. The summed E-state index contributed by atoms with van der Waals surface area (Å²) in [6.07, 6.45) is 5.48. The van der Waals surface area contributed by atoms with E-state index in [1.54, 1.807) is 18.5 Å². The summed E-state index contributed by atoms with van der Waals surface area (Å²) < 4.78 is 10.9. The van der Waals surface area contributed by atoms with E-state index in [1.807, 2.05) is 0 Å². The maximum absolute atomic E-state index is 8.60. The molecule has 0 aliphatic rings. The molecule has 0 unspecified atom stereocenters. The Bertz CT molecular complexity index is 396. The molecule has 1 heterocycles. The van der Waals surface area contributed by atoms with Crippen LogP contribution in [0.3, 0.4) is 0 Å². The van der Waals surface area contributed by atoms with Gasteiger partial charge in [0.15, 0.2) is 0 Å². The third kappa shape index (κ3) is 6.24. The van der Waals surface area contributed by atoms with E-state index < -0.39 is 0 Å². The Morgan fingerprint density at radius 1 is 1.28 bits per heavy atom. The number of aliphatic hydroxyl groups excluding tert-OH is 1. The molecule has 0 aromatic carbocycles. The number of nitrogens with zero attached hydrogens (tertiary/aromatic N) is 1. The lowest BCUT2D eigenvalue weighted by molar-refractivity contribution is 0.0979. The Labute approximate surface area is 108 Å². The lowest BCUT2D eigenvalue weighted by Crippen LogP contribution is -2.07. The van der Waals surface area contributed by atoms with Crippen LogP contribution in [0.2, 0.25) is 0 Å². The second-order valence-electron chi connectivity index (χ2n) is 3.68. The second-order valence-corrected chi connectivity index (χ2v) is 3.68. The average Bonchev–Trinajstić information content (AvgIpc) is 2.41. The van der Waals surface area contributed by atoms with E-state index in [1.165, 1.54) is 0 Å². The van der Waals surface area contributed by atoms with Gasteiger partial charge in [-0.2, -0.15) is 0 Å². The van der Waals surface area contributed by atoms with Crippen molar-refractivity contribution >= 4 is 0 Å². The van der Waals surface area contributed by atoms with Gasteiger partial charge in [0.1, 0.15) is 19.0 Å². The first-order valence-corrected chi connectivity index (χ1v) is 6.12. The molecule has 4 heteroatoms. The topological polar surface area (TPSA) is 51.6 Å². The quantitative estimate of drug-likeness (QED) is 0.589. The van der Waals surface area contributed by atoms with Crippen molar-refractivity contribution in [1.29, 1.82) is 0 Å². The molecule has 1 N–H and O–H groups in total. The van der Waals surface area contributed by atoms with Crippen LogP contribution in [0.15, 0.2) is 18.5 Å². The van der Waals surface area contributed by atoms with E-state index in [0.717, 1.165) is 25.0 Å². The minimum Gasteiger partial charge on any atom is -0.490 e. The van der Waals surface area contributed by atoms with E-state index in [0.29, 0.717) is 19.0 Å². The molecule has 0 radical (unpaired) electrons. The molecule has 0 amide bonds. The maximum atomic E-state index is 8.60. The van der Waals surface area contributed by atoms with Gasteiger partial charge >= 0.3 is 0 Å². The first kappa shape index (κ1) is 14.5. The van der Waals surface area contributed by atoms with Gasteiger partial charge in [0.25, 0.3) is 0 Å². The predicted molar refractivity (Wildman–Crippen MR) is 69.4 cm³/mol. The molecule has 1 aromatic heterocycles. The van der Waals surface area contributed by atoms with Gasteiger partial charge < -0.3 is 14.6 Å². The summed E-state index contributed by atoms with van der Waals surface area (Å²) in [6, 6.07) is 1.79. The van der Waals surface area contributed by atoms with Gasteiger partial charge in [0.2, 0.25) is 0 Å². The molecule has 0 aliphatic heterocycles. The van der Waals surface area contributed by atoms with E-state index in [4.69, 9.17) is 14.6 Å². The Balaban J connectivity index is 2.29. The highest BCUT2D eigenvalue weighted by Crippen LogP contribution is 2.10. The van der Waals surface area contributed by atoms with Crippen molar-refractivity contribution < 1.29 is 14.6 Å². The number of pyridine rings is 1. The zero-order valence-corrected chi connectivity index (χ0v) is 10.7. The minimum atomic E-state index is -0.156. The van der Waals surface area contributed by atoms with Crippen LogP contribution in [0, 0.1) is 11.8 Å². The normalized spacial score (nSPS) is 9.67. The van der Waals surface area contributed by atoms with Crippen LogP contribution in [0.25, 0.3) is 0 Å². The fraction of sp³-hybridized carbons (Fsp3) is 0.500. The summed E-state index contributed by atoms with van der Waals surface area (Å²) in [5, 5.41) is 8.60. The van der Waals surface area contributed by atoms with Crippen molar-refractivity contribution in [1.82, 2.24) is 4.98 Å². The molecule has 0 aliphatic carbocycles. The van der Waals surface area contributed by atoms with Crippen LogP contribution in [0.5, 0.6) is 5.75 Å². The number of unbranched alkanes of at least 4 members (excludes halogenated alkanes) is 1. The summed E-state index contributed by atoms with van der Waals surface area (Å²) in [5.74, 6) is 6.01. The fourth-order valence-corrected chi connectivity index (χ4v) is 1.27. The van der Waals surface area contributed by atoms with Crippen molar-refractivity contribution in [2.75, 3.05) is 26.4 Å². The maximum Gasteiger partial charge on any atom is 0.138 e. The molecule has 0 saturated heterocycles. The smallest absolute Gasteiger partial charge is 0.138 e. The molecular weight excluding hydrogens is 230 g/mol. The molecule has 0 spiro atoms. The summed E-state index contributed by atoms with van der Waals surface area (Å²) in [5.41, 5.74) is 0.730. The van der Waals surface area contributed by atoms with Gasteiger partial charge in [-0.1, -0.05) is 25.2 Å². The summed E-state index contributed by atoms with van der Waals surface area (Å²) in [6.45, 7) is 3.83. The molecule has 0 bridgehead atoms. The number of hydrogen-bond acceptors (Lipinski definition) is 4. The average molecular weight is 249 g/mol. The van der Waals surface area contributed by atoms with Crippen LogP contribution in [-0.4, -0.2) is 36.5 Å². The van der Waals surface area contributed by atoms with Crippen LogP contribution in [0.4, 0.5) is 0 Å². The minimum absolute atomic E-state index is 0.156. The zero-order chi connectivity index (χ0) is 13.1. The molecule has 1 aromatic rings. The van der Waals surface area contributed by atoms with Crippen molar-refractivity contribution in [3.63, 3.8) is 0 Å². The lowest BCUT2D eigenvalue weighted by Gasteiger charge is -2.06. The highest BCUT2D eigenvalue weighted by molar-refractivity contribution is 5.36. The molecule has 0 atom stereocenters. The highest BCUT2D eigenvalue weighted by Gasteiger charge is 1.96. The van der Waals surface area contributed by atoms with Crippen molar-refractivity contribution in [3.05, 3.63) is 24.0 Å². The van der Waals surface area contributed by atoms with Gasteiger partial charge in [0, 0.05) is 18.4 Å². The van der Waals surface area contributed by atoms with E-state index >= 15 is 0 Å². The Morgan fingerprint density at radius 2 is 2.17 bits per heavy atom. The Morgan fingerprint density at radius 3 is 2.94 bits per heavy atom. The lowest BCUT2D eigenvalue weighted by atomic mass is 10.3. The van der Waals surface area contributed by atoms with Gasteiger partial charge in [-0.25, -0.2) is 0 Å². The van der Waals surface area contributed by atoms with Gasteiger partial charge in [-0.3, -0.25) is 4.98 Å². The van der Waals surface area contributed by atoms with E-state index in [2.05, 4.69) is 23.7 Å². The number of aliphatic hydroxyl groups is 1. The zero-order valence-electron chi connectivity index (χ0n) is 10.7. The fourth-order valence-electron chi connectivity index (χ4n) is 1.27. The number of ether oxygens (including phenoxy) is 2. The largest absolute Gasteiger partial charge is 0.490 e.